The molecular weight excluding hydrogens is 460 g/mol. The summed E-state index contributed by atoms with van der Waals surface area (Å²) >= 11 is 11.4. The highest BCUT2D eigenvalue weighted by atomic mass is 35.5. The summed E-state index contributed by atoms with van der Waals surface area (Å²) in [6.07, 6.45) is 4.17. The first-order valence-electron chi connectivity index (χ1n) is 9.11. The lowest BCUT2D eigenvalue weighted by molar-refractivity contribution is 0.411. The van der Waals surface area contributed by atoms with Crippen LogP contribution in [-0.4, -0.2) is 34.9 Å². The van der Waals surface area contributed by atoms with Crippen LogP contribution in [0.15, 0.2) is 47.4 Å². The lowest BCUT2D eigenvalue weighted by Gasteiger charge is -2.08. The average molecular weight is 474 g/mol. The second-order valence-corrected chi connectivity index (χ2v) is 7.35. The molecule has 4 aromatic heterocycles. The Bertz CT molecular complexity index is 1350. The van der Waals surface area contributed by atoms with Crippen LogP contribution in [0, 0.1) is 18.6 Å². The monoisotopic (exact) mass is 473 g/mol. The standard InChI is InChI=1S/C20H14ClF2N7OS/c1-10-12(9-26-30(10)2)13(15-4-3-5-16(21)27-15)8-25-20(32)19-28-18(29-31-19)17-14(23)6-11(22)7-24-17/h3-9H,1-2H3,(H,25,32). The SMILES string of the molecule is Cc1c(C(=CNC(=S)c2nc(-c3ncc(F)cc3F)no2)c2cccc(Cl)n2)cnn1C. The third-order valence-corrected chi connectivity index (χ3v) is 5.01. The maximum atomic E-state index is 13.9. The van der Waals surface area contributed by atoms with Crippen LogP contribution in [0.2, 0.25) is 5.15 Å². The smallest absolute Gasteiger partial charge is 0.286 e. The Kier molecular flexibility index (Phi) is 6.01. The van der Waals surface area contributed by atoms with Crippen molar-refractivity contribution in [2.45, 2.75) is 6.92 Å². The van der Waals surface area contributed by atoms with Crippen LogP contribution in [0.3, 0.4) is 0 Å². The lowest BCUT2D eigenvalue weighted by Crippen LogP contribution is -2.17. The molecular formula is C20H14ClF2N7OS. The summed E-state index contributed by atoms with van der Waals surface area (Å²) in [5.74, 6) is -1.97. The van der Waals surface area contributed by atoms with Gasteiger partial charge in [0, 0.05) is 36.1 Å². The summed E-state index contributed by atoms with van der Waals surface area (Å²) in [5.41, 5.74) is 2.71. The fourth-order valence-electron chi connectivity index (χ4n) is 2.80. The Balaban J connectivity index is 1.64. The highest BCUT2D eigenvalue weighted by Crippen LogP contribution is 2.25. The van der Waals surface area contributed by atoms with E-state index in [9.17, 15) is 8.78 Å². The molecule has 8 nitrogen and oxygen atoms in total. The molecule has 0 aromatic carbocycles. The summed E-state index contributed by atoms with van der Waals surface area (Å²) in [5, 5.41) is 11.2. The fourth-order valence-corrected chi connectivity index (χ4v) is 3.11. The van der Waals surface area contributed by atoms with Gasteiger partial charge < -0.3 is 9.84 Å². The minimum Gasteiger partial charge on any atom is -0.348 e. The zero-order valence-corrected chi connectivity index (χ0v) is 18.2. The maximum Gasteiger partial charge on any atom is 0.286 e. The number of halogens is 3. The van der Waals surface area contributed by atoms with Gasteiger partial charge in [0.05, 0.1) is 18.1 Å². The molecule has 0 radical (unpaired) electrons. The number of nitrogens with one attached hydrogen (secondary N) is 1. The molecule has 0 saturated carbocycles. The molecule has 0 aliphatic heterocycles. The van der Waals surface area contributed by atoms with Crippen molar-refractivity contribution in [3.63, 3.8) is 0 Å². The van der Waals surface area contributed by atoms with Crippen LogP contribution < -0.4 is 5.32 Å². The van der Waals surface area contributed by atoms with Crippen molar-refractivity contribution in [1.82, 2.24) is 35.2 Å². The molecule has 0 amide bonds. The number of rotatable bonds is 5. The minimum atomic E-state index is -0.919. The van der Waals surface area contributed by atoms with E-state index in [0.717, 1.165) is 17.5 Å². The summed E-state index contributed by atoms with van der Waals surface area (Å²) in [7, 11) is 1.82. The van der Waals surface area contributed by atoms with Gasteiger partial charge in [-0.05, 0) is 19.1 Å². The molecule has 4 heterocycles. The van der Waals surface area contributed by atoms with Crippen molar-refractivity contribution >= 4 is 34.4 Å². The fraction of sp³-hybridized carbons (Fsp3) is 0.100. The zero-order chi connectivity index (χ0) is 22.8. The molecule has 0 fully saturated rings. The van der Waals surface area contributed by atoms with Gasteiger partial charge in [-0.3, -0.25) is 4.68 Å². The van der Waals surface area contributed by atoms with Crippen LogP contribution in [0.4, 0.5) is 8.78 Å². The highest BCUT2D eigenvalue weighted by Gasteiger charge is 2.18. The predicted molar refractivity (Wildman–Crippen MR) is 117 cm³/mol. The molecule has 4 aromatic rings. The quantitative estimate of drug-likeness (QED) is 0.345. The molecule has 162 valence electrons. The Morgan fingerprint density at radius 3 is 2.75 bits per heavy atom. The van der Waals surface area contributed by atoms with Gasteiger partial charge in [0.1, 0.15) is 16.7 Å². The van der Waals surface area contributed by atoms with Crippen LogP contribution >= 0.6 is 23.8 Å². The first-order chi connectivity index (χ1) is 15.3. The Labute approximate surface area is 191 Å². The van der Waals surface area contributed by atoms with Crippen molar-refractivity contribution < 1.29 is 13.3 Å². The summed E-state index contributed by atoms with van der Waals surface area (Å²) in [4.78, 5) is 12.1. The van der Waals surface area contributed by atoms with E-state index in [1.54, 1.807) is 35.3 Å². The third kappa shape index (κ3) is 4.39. The molecule has 0 bridgehead atoms. The summed E-state index contributed by atoms with van der Waals surface area (Å²) in [6.45, 7) is 1.91. The zero-order valence-electron chi connectivity index (χ0n) is 16.7. The first kappa shape index (κ1) is 21.7. The van der Waals surface area contributed by atoms with Gasteiger partial charge in [0.2, 0.25) is 5.82 Å². The van der Waals surface area contributed by atoms with E-state index in [2.05, 4.69) is 30.5 Å². The Hall–Kier alpha value is -3.57. The van der Waals surface area contributed by atoms with Crippen molar-refractivity contribution in [2.24, 2.45) is 7.05 Å². The van der Waals surface area contributed by atoms with Crippen molar-refractivity contribution in [3.8, 4) is 11.5 Å². The number of nitrogens with zero attached hydrogens (tertiary/aromatic N) is 6. The van der Waals surface area contributed by atoms with Gasteiger partial charge in [-0.15, -0.1) is 0 Å². The predicted octanol–water partition coefficient (Wildman–Crippen LogP) is 3.85. The maximum absolute atomic E-state index is 13.9. The third-order valence-electron chi connectivity index (χ3n) is 4.50. The first-order valence-corrected chi connectivity index (χ1v) is 9.90. The number of hydrogen-bond acceptors (Lipinski definition) is 7. The molecule has 0 aliphatic carbocycles. The molecule has 0 spiro atoms. The van der Waals surface area contributed by atoms with Gasteiger partial charge in [0.25, 0.3) is 5.89 Å². The van der Waals surface area contributed by atoms with E-state index in [-0.39, 0.29) is 22.4 Å². The van der Waals surface area contributed by atoms with E-state index in [1.807, 2.05) is 14.0 Å². The van der Waals surface area contributed by atoms with Crippen LogP contribution in [0.5, 0.6) is 0 Å². The molecule has 0 atom stereocenters. The molecule has 0 saturated heterocycles. The topological polar surface area (TPSA) is 94.6 Å². The summed E-state index contributed by atoms with van der Waals surface area (Å²) < 4.78 is 33.9. The van der Waals surface area contributed by atoms with Gasteiger partial charge >= 0.3 is 0 Å². The van der Waals surface area contributed by atoms with Crippen LogP contribution in [0.1, 0.15) is 22.8 Å². The van der Waals surface area contributed by atoms with E-state index in [1.165, 1.54) is 0 Å². The second-order valence-electron chi connectivity index (χ2n) is 6.55. The van der Waals surface area contributed by atoms with E-state index in [4.69, 9.17) is 28.3 Å². The van der Waals surface area contributed by atoms with Crippen molar-refractivity contribution in [1.29, 1.82) is 0 Å². The molecule has 0 unspecified atom stereocenters. The molecule has 32 heavy (non-hydrogen) atoms. The number of aromatic nitrogens is 6. The van der Waals surface area contributed by atoms with Gasteiger partial charge in [0.15, 0.2) is 10.8 Å². The van der Waals surface area contributed by atoms with Crippen LogP contribution in [-0.2, 0) is 7.05 Å². The lowest BCUT2D eigenvalue weighted by atomic mass is 10.0. The molecule has 4 rings (SSSR count). The van der Waals surface area contributed by atoms with E-state index in [0.29, 0.717) is 22.5 Å². The molecule has 1 N–H and O–H groups in total. The number of thiocarbonyl (C=S) groups is 1. The summed E-state index contributed by atoms with van der Waals surface area (Å²) in [6, 6.07) is 5.91. The van der Waals surface area contributed by atoms with E-state index < -0.39 is 11.6 Å². The van der Waals surface area contributed by atoms with Crippen molar-refractivity contribution in [2.75, 3.05) is 0 Å². The molecule has 12 heteroatoms. The second kappa shape index (κ2) is 8.89. The molecule has 0 aliphatic rings. The van der Waals surface area contributed by atoms with Gasteiger partial charge in [-0.2, -0.15) is 10.1 Å². The minimum absolute atomic E-state index is 0.0712. The van der Waals surface area contributed by atoms with E-state index >= 15 is 0 Å². The van der Waals surface area contributed by atoms with Crippen LogP contribution in [0.25, 0.3) is 17.1 Å². The number of pyridine rings is 2. The van der Waals surface area contributed by atoms with Gasteiger partial charge in [-0.25, -0.2) is 18.7 Å². The van der Waals surface area contributed by atoms with Gasteiger partial charge in [-0.1, -0.05) is 35.0 Å². The number of hydrogen-bond donors (Lipinski definition) is 1. The largest absolute Gasteiger partial charge is 0.348 e. The highest BCUT2D eigenvalue weighted by molar-refractivity contribution is 7.80. The van der Waals surface area contributed by atoms with Crippen molar-refractivity contribution in [3.05, 3.63) is 82.5 Å². The normalized spacial score (nSPS) is 11.6. The Morgan fingerprint density at radius 2 is 2.06 bits per heavy atom. The Morgan fingerprint density at radius 1 is 1.25 bits per heavy atom. The average Bonchev–Trinajstić information content (AvgIpc) is 3.37. The number of aryl methyl sites for hydroxylation is 1.